The second-order valence-corrected chi connectivity index (χ2v) is 5.30. The number of hydrogen-bond donors (Lipinski definition) is 2. The third-order valence-electron chi connectivity index (χ3n) is 3.77. The van der Waals surface area contributed by atoms with Gasteiger partial charge in [0, 0.05) is 18.5 Å². The summed E-state index contributed by atoms with van der Waals surface area (Å²) in [4.78, 5) is 13.5. The van der Waals surface area contributed by atoms with Gasteiger partial charge >= 0.3 is 0 Å². The van der Waals surface area contributed by atoms with Gasteiger partial charge in [-0.1, -0.05) is 18.2 Å². The molecule has 1 saturated heterocycles. The Morgan fingerprint density at radius 3 is 2.86 bits per heavy atom. The predicted molar refractivity (Wildman–Crippen MR) is 80.7 cm³/mol. The zero-order valence-electron chi connectivity index (χ0n) is 12.7. The van der Waals surface area contributed by atoms with Crippen molar-refractivity contribution in [2.45, 2.75) is 12.8 Å². The molecule has 0 bridgehead atoms. The molecular formula is C16H25N2O3+. The van der Waals surface area contributed by atoms with E-state index < -0.39 is 0 Å². The quantitative estimate of drug-likeness (QED) is 0.676. The summed E-state index contributed by atoms with van der Waals surface area (Å²) in [6.45, 7) is 5.70. The smallest absolute Gasteiger partial charge is 0.224 e. The van der Waals surface area contributed by atoms with E-state index in [4.69, 9.17) is 9.47 Å². The maximum absolute atomic E-state index is 11.9. The number of methoxy groups -OCH3 is 1. The lowest BCUT2D eigenvalue weighted by molar-refractivity contribution is -0.908. The highest BCUT2D eigenvalue weighted by Gasteiger charge is 2.13. The topological polar surface area (TPSA) is 52.0 Å². The van der Waals surface area contributed by atoms with Crippen molar-refractivity contribution in [3.63, 3.8) is 0 Å². The fraction of sp³-hybridized carbons (Fsp3) is 0.562. The van der Waals surface area contributed by atoms with Gasteiger partial charge in [-0.3, -0.25) is 4.79 Å². The lowest BCUT2D eigenvalue weighted by Gasteiger charge is -2.23. The molecule has 1 aliphatic heterocycles. The monoisotopic (exact) mass is 293 g/mol. The predicted octanol–water partition coefficient (Wildman–Crippen LogP) is -0.341. The van der Waals surface area contributed by atoms with Crippen LogP contribution in [0.5, 0.6) is 5.75 Å². The zero-order valence-corrected chi connectivity index (χ0v) is 12.7. The Kier molecular flexibility index (Phi) is 6.50. The summed E-state index contributed by atoms with van der Waals surface area (Å²) >= 11 is 0. The van der Waals surface area contributed by atoms with Gasteiger partial charge in [-0.15, -0.1) is 0 Å². The number of carbonyl (C=O) groups is 1. The fourth-order valence-corrected chi connectivity index (χ4v) is 2.56. The van der Waals surface area contributed by atoms with Gasteiger partial charge in [0.1, 0.15) is 18.8 Å². The van der Waals surface area contributed by atoms with Crippen molar-refractivity contribution in [3.05, 3.63) is 29.8 Å². The van der Waals surface area contributed by atoms with E-state index in [1.165, 1.54) is 0 Å². The Labute approximate surface area is 126 Å². The Balaban J connectivity index is 1.65. The first-order chi connectivity index (χ1) is 10.3. The molecule has 0 saturated carbocycles. The number of quaternary nitrogens is 1. The summed E-state index contributed by atoms with van der Waals surface area (Å²) in [7, 11) is 1.63. The first-order valence-corrected chi connectivity index (χ1v) is 7.59. The molecule has 1 aromatic rings. The number of rotatable bonds is 7. The Morgan fingerprint density at radius 1 is 1.33 bits per heavy atom. The highest BCUT2D eigenvalue weighted by molar-refractivity contribution is 5.79. The molecule has 1 fully saturated rings. The highest BCUT2D eigenvalue weighted by Crippen LogP contribution is 2.17. The molecule has 1 aliphatic rings. The van der Waals surface area contributed by atoms with E-state index in [9.17, 15) is 4.79 Å². The molecule has 0 atom stereocenters. The minimum absolute atomic E-state index is 0.0523. The lowest BCUT2D eigenvalue weighted by atomic mass is 10.1. The van der Waals surface area contributed by atoms with Crippen molar-refractivity contribution in [1.29, 1.82) is 0 Å². The molecule has 0 aliphatic carbocycles. The van der Waals surface area contributed by atoms with Crippen LogP contribution in [0.25, 0.3) is 0 Å². The molecule has 1 heterocycles. The molecule has 1 aromatic carbocycles. The van der Waals surface area contributed by atoms with E-state index in [0.717, 1.165) is 57.1 Å². The van der Waals surface area contributed by atoms with Gasteiger partial charge in [0.05, 0.1) is 33.3 Å². The first kappa shape index (κ1) is 15.8. The van der Waals surface area contributed by atoms with E-state index in [1.54, 1.807) is 12.0 Å². The molecule has 0 spiro atoms. The number of para-hydroxylation sites is 1. The third-order valence-corrected chi connectivity index (χ3v) is 3.77. The number of carbonyl (C=O) groups excluding carboxylic acids is 1. The van der Waals surface area contributed by atoms with Gasteiger partial charge in [-0.25, -0.2) is 0 Å². The Morgan fingerprint density at radius 2 is 2.10 bits per heavy atom. The van der Waals surface area contributed by atoms with Gasteiger partial charge in [0.15, 0.2) is 0 Å². The molecule has 0 aromatic heterocycles. The normalized spacial score (nSPS) is 15.7. The number of hydrogen-bond acceptors (Lipinski definition) is 3. The number of ether oxygens (including phenoxy) is 2. The zero-order chi connectivity index (χ0) is 14.9. The second kappa shape index (κ2) is 8.64. The van der Waals surface area contributed by atoms with Gasteiger partial charge in [-0.05, 0) is 6.07 Å². The van der Waals surface area contributed by atoms with Crippen LogP contribution in [0.4, 0.5) is 0 Å². The standard InChI is InChI=1S/C16H24N2O3/c1-20-15-6-3-2-5-14(15)13-16(19)17-7-4-8-18-9-11-21-12-10-18/h2-3,5-6H,4,7-13H2,1H3,(H,17,19)/p+1. The van der Waals surface area contributed by atoms with Crippen molar-refractivity contribution >= 4 is 5.91 Å². The van der Waals surface area contributed by atoms with Crippen LogP contribution in [0.3, 0.4) is 0 Å². The summed E-state index contributed by atoms with van der Waals surface area (Å²) < 4.78 is 10.6. The van der Waals surface area contributed by atoms with Crippen LogP contribution in [0, 0.1) is 0 Å². The maximum atomic E-state index is 11.9. The van der Waals surface area contributed by atoms with E-state index in [-0.39, 0.29) is 5.91 Å². The summed E-state index contributed by atoms with van der Waals surface area (Å²) in [6.07, 6.45) is 1.38. The summed E-state index contributed by atoms with van der Waals surface area (Å²) in [5.41, 5.74) is 0.927. The van der Waals surface area contributed by atoms with E-state index in [0.29, 0.717) is 6.42 Å². The van der Waals surface area contributed by atoms with Crippen LogP contribution in [-0.4, -0.2) is 52.4 Å². The Bertz CT molecular complexity index is 445. The van der Waals surface area contributed by atoms with Crippen LogP contribution >= 0.6 is 0 Å². The molecule has 1 amide bonds. The minimum atomic E-state index is 0.0523. The Hall–Kier alpha value is -1.59. The minimum Gasteiger partial charge on any atom is -0.496 e. The fourth-order valence-electron chi connectivity index (χ4n) is 2.56. The molecule has 0 radical (unpaired) electrons. The number of nitrogens with one attached hydrogen (secondary N) is 2. The largest absolute Gasteiger partial charge is 0.496 e. The summed E-state index contributed by atoms with van der Waals surface area (Å²) in [5.74, 6) is 0.821. The number of amides is 1. The van der Waals surface area contributed by atoms with Crippen LogP contribution in [0.15, 0.2) is 24.3 Å². The van der Waals surface area contributed by atoms with Gasteiger partial charge in [0.25, 0.3) is 0 Å². The van der Waals surface area contributed by atoms with E-state index >= 15 is 0 Å². The SMILES string of the molecule is COc1ccccc1CC(=O)NCCC[NH+]1CCOCC1. The number of benzene rings is 1. The molecule has 116 valence electrons. The van der Waals surface area contributed by atoms with Crippen molar-refractivity contribution in [1.82, 2.24) is 5.32 Å². The molecule has 21 heavy (non-hydrogen) atoms. The number of morpholine rings is 1. The molecule has 5 nitrogen and oxygen atoms in total. The van der Waals surface area contributed by atoms with Crippen LogP contribution in [-0.2, 0) is 16.0 Å². The van der Waals surface area contributed by atoms with Crippen LogP contribution in [0.2, 0.25) is 0 Å². The summed E-state index contributed by atoms with van der Waals surface area (Å²) in [6, 6.07) is 7.64. The molecule has 2 N–H and O–H groups in total. The van der Waals surface area contributed by atoms with Gasteiger partial charge in [-0.2, -0.15) is 0 Å². The van der Waals surface area contributed by atoms with Crippen molar-refractivity contribution in [2.75, 3.05) is 46.5 Å². The van der Waals surface area contributed by atoms with Gasteiger partial charge in [0.2, 0.25) is 5.91 Å². The molecule has 2 rings (SSSR count). The second-order valence-electron chi connectivity index (χ2n) is 5.30. The van der Waals surface area contributed by atoms with E-state index in [2.05, 4.69) is 5.32 Å². The third kappa shape index (κ3) is 5.36. The molecular weight excluding hydrogens is 268 g/mol. The molecule has 5 heteroatoms. The van der Waals surface area contributed by atoms with Crippen molar-refractivity contribution < 1.29 is 19.2 Å². The lowest BCUT2D eigenvalue weighted by Crippen LogP contribution is -3.14. The average molecular weight is 293 g/mol. The maximum Gasteiger partial charge on any atom is 0.224 e. The van der Waals surface area contributed by atoms with Crippen LogP contribution in [0.1, 0.15) is 12.0 Å². The highest BCUT2D eigenvalue weighted by atomic mass is 16.5. The first-order valence-electron chi connectivity index (χ1n) is 7.59. The van der Waals surface area contributed by atoms with Crippen molar-refractivity contribution in [2.24, 2.45) is 0 Å². The van der Waals surface area contributed by atoms with Gasteiger partial charge < -0.3 is 19.7 Å². The van der Waals surface area contributed by atoms with Crippen molar-refractivity contribution in [3.8, 4) is 5.75 Å². The van der Waals surface area contributed by atoms with E-state index in [1.807, 2.05) is 24.3 Å². The van der Waals surface area contributed by atoms with Crippen LogP contribution < -0.4 is 15.0 Å². The average Bonchev–Trinajstić information content (AvgIpc) is 2.53. The molecule has 0 unspecified atom stereocenters. The summed E-state index contributed by atoms with van der Waals surface area (Å²) in [5, 5.41) is 2.98.